The second kappa shape index (κ2) is 4.84. The highest BCUT2D eigenvalue weighted by Crippen LogP contribution is 2.08. The predicted octanol–water partition coefficient (Wildman–Crippen LogP) is -0.108. The zero-order chi connectivity index (χ0) is 7.23. The molecule has 0 bridgehead atoms. The van der Waals surface area contributed by atoms with Gasteiger partial charge in [0.25, 0.3) is 0 Å². The minimum Gasteiger partial charge on any atom is -0.419 e. The van der Waals surface area contributed by atoms with E-state index in [2.05, 4.69) is 14.9 Å². The summed E-state index contributed by atoms with van der Waals surface area (Å²) in [4.78, 5) is 0. The van der Waals surface area contributed by atoms with Gasteiger partial charge in [-0.25, -0.2) is 0 Å². The van der Waals surface area contributed by atoms with Crippen molar-refractivity contribution < 1.29 is 13.9 Å². The van der Waals surface area contributed by atoms with E-state index in [1.54, 1.807) is 0 Å². The lowest BCUT2D eigenvalue weighted by Crippen LogP contribution is -2.04. The summed E-state index contributed by atoms with van der Waals surface area (Å²) in [5.41, 5.74) is 0. The molecule has 1 unspecified atom stereocenters. The molecule has 0 aromatic rings. The molecule has 3 nitrogen and oxygen atoms in total. The van der Waals surface area contributed by atoms with Crippen molar-refractivity contribution in [2.45, 2.75) is 12.5 Å². The average molecular weight is 159 g/mol. The highest BCUT2D eigenvalue weighted by atomic mass is 28.2. The maximum atomic E-state index is 5.23. The van der Waals surface area contributed by atoms with Crippen molar-refractivity contribution in [3.05, 3.63) is 0 Å². The Morgan fingerprint density at radius 3 is 2.90 bits per heavy atom. The van der Waals surface area contributed by atoms with Crippen molar-refractivity contribution in [1.82, 2.24) is 0 Å². The number of rotatable bonds is 6. The van der Waals surface area contributed by atoms with E-state index >= 15 is 0 Å². The highest BCUT2D eigenvalue weighted by Gasteiger charge is 2.21. The quantitative estimate of drug-likeness (QED) is 0.308. The molecule has 1 aliphatic heterocycles. The minimum atomic E-state index is 0.379. The van der Waals surface area contributed by atoms with Crippen molar-refractivity contribution in [2.75, 3.05) is 26.4 Å². The molecule has 1 heterocycles. The average Bonchev–Trinajstić information content (AvgIpc) is 2.71. The summed E-state index contributed by atoms with van der Waals surface area (Å²) >= 11 is 0. The maximum Gasteiger partial charge on any atom is 0.246 e. The highest BCUT2D eigenvalue weighted by molar-refractivity contribution is 5.97. The van der Waals surface area contributed by atoms with Gasteiger partial charge in [-0.2, -0.15) is 0 Å². The number of hydrogen-bond donors (Lipinski definition) is 0. The number of ether oxygens (including phenoxy) is 2. The molecule has 1 saturated heterocycles. The maximum absolute atomic E-state index is 5.23. The predicted molar refractivity (Wildman–Crippen MR) is 36.9 cm³/mol. The van der Waals surface area contributed by atoms with E-state index in [-0.39, 0.29) is 0 Å². The Morgan fingerprint density at radius 2 is 2.30 bits per heavy atom. The first-order chi connectivity index (χ1) is 4.93. The van der Waals surface area contributed by atoms with E-state index in [1.165, 1.54) is 0 Å². The first kappa shape index (κ1) is 8.20. The summed E-state index contributed by atoms with van der Waals surface area (Å²) in [5, 5.41) is 0. The molecule has 4 heteroatoms. The fraction of sp³-hybridized carbons (Fsp3) is 1.00. The van der Waals surface area contributed by atoms with Crippen LogP contribution in [0.4, 0.5) is 0 Å². The van der Waals surface area contributed by atoms with Gasteiger partial charge in [-0.05, 0) is 6.42 Å². The SMILES string of the molecule is [Si]OCCCOCC1CO1. The zero-order valence-electron chi connectivity index (χ0n) is 5.84. The number of hydrogen-bond acceptors (Lipinski definition) is 3. The van der Waals surface area contributed by atoms with Crippen LogP contribution in [0.2, 0.25) is 0 Å². The molecule has 0 spiro atoms. The molecule has 57 valence electrons. The van der Waals surface area contributed by atoms with Gasteiger partial charge in [0.2, 0.25) is 10.5 Å². The van der Waals surface area contributed by atoms with Crippen molar-refractivity contribution >= 4 is 10.5 Å². The van der Waals surface area contributed by atoms with Crippen LogP contribution in [0.25, 0.3) is 0 Å². The molecule has 0 aromatic carbocycles. The molecule has 0 N–H and O–H groups in total. The van der Waals surface area contributed by atoms with E-state index in [9.17, 15) is 0 Å². The van der Waals surface area contributed by atoms with Gasteiger partial charge in [-0.15, -0.1) is 0 Å². The Kier molecular flexibility index (Phi) is 3.97. The zero-order valence-corrected chi connectivity index (χ0v) is 6.84. The van der Waals surface area contributed by atoms with Crippen molar-refractivity contribution in [3.8, 4) is 0 Å². The summed E-state index contributed by atoms with van der Waals surface area (Å²) in [7, 11) is 2.91. The summed E-state index contributed by atoms with van der Waals surface area (Å²) < 4.78 is 14.8. The van der Waals surface area contributed by atoms with Crippen molar-refractivity contribution in [1.29, 1.82) is 0 Å². The van der Waals surface area contributed by atoms with Crippen LogP contribution in [0.3, 0.4) is 0 Å². The lowest BCUT2D eigenvalue weighted by Gasteiger charge is -1.99. The minimum absolute atomic E-state index is 0.379. The third-order valence-corrected chi connectivity index (χ3v) is 1.45. The van der Waals surface area contributed by atoms with Gasteiger partial charge in [0.05, 0.1) is 13.2 Å². The topological polar surface area (TPSA) is 31.0 Å². The number of epoxide rings is 1. The van der Waals surface area contributed by atoms with Crippen LogP contribution in [0.15, 0.2) is 0 Å². The second-order valence-corrected chi connectivity index (χ2v) is 2.52. The first-order valence-electron chi connectivity index (χ1n) is 3.41. The van der Waals surface area contributed by atoms with Crippen LogP contribution in [0.1, 0.15) is 6.42 Å². The van der Waals surface area contributed by atoms with Gasteiger partial charge in [0.15, 0.2) is 0 Å². The van der Waals surface area contributed by atoms with Crippen LogP contribution in [-0.4, -0.2) is 43.0 Å². The molecular weight excluding hydrogens is 148 g/mol. The monoisotopic (exact) mass is 159 g/mol. The Balaban J connectivity index is 1.68. The van der Waals surface area contributed by atoms with E-state index in [1.807, 2.05) is 0 Å². The summed E-state index contributed by atoms with van der Waals surface area (Å²) in [5.74, 6) is 0. The van der Waals surface area contributed by atoms with Gasteiger partial charge in [-0.3, -0.25) is 0 Å². The van der Waals surface area contributed by atoms with Crippen LogP contribution < -0.4 is 0 Å². The second-order valence-electron chi connectivity index (χ2n) is 2.23. The molecule has 0 amide bonds. The largest absolute Gasteiger partial charge is 0.419 e. The Hall–Kier alpha value is 0.0969. The van der Waals surface area contributed by atoms with Gasteiger partial charge >= 0.3 is 0 Å². The molecule has 1 aliphatic rings. The van der Waals surface area contributed by atoms with Crippen LogP contribution in [0.5, 0.6) is 0 Å². The van der Waals surface area contributed by atoms with Gasteiger partial charge in [-0.1, -0.05) is 0 Å². The van der Waals surface area contributed by atoms with Gasteiger partial charge in [0.1, 0.15) is 6.10 Å². The fourth-order valence-corrected chi connectivity index (χ4v) is 0.757. The van der Waals surface area contributed by atoms with Crippen LogP contribution in [0, 0.1) is 0 Å². The van der Waals surface area contributed by atoms with Crippen LogP contribution >= 0.6 is 0 Å². The standard InChI is InChI=1S/C6H11O3Si/c10-9-3-1-2-7-4-6-5-8-6/h6H,1-5H2. The molecule has 10 heavy (non-hydrogen) atoms. The fourth-order valence-electron chi connectivity index (χ4n) is 0.612. The van der Waals surface area contributed by atoms with E-state index in [0.29, 0.717) is 12.7 Å². The third-order valence-electron chi connectivity index (χ3n) is 1.24. The van der Waals surface area contributed by atoms with Crippen molar-refractivity contribution in [3.63, 3.8) is 0 Å². The molecule has 0 aromatic heterocycles. The third kappa shape index (κ3) is 4.00. The molecule has 3 radical (unpaired) electrons. The molecule has 1 atom stereocenters. The normalized spacial score (nSPS) is 23.1. The smallest absolute Gasteiger partial charge is 0.246 e. The van der Waals surface area contributed by atoms with Crippen LogP contribution in [-0.2, 0) is 13.9 Å². The molecular formula is C6H11O3Si. The Labute approximate surface area is 64.2 Å². The summed E-state index contributed by atoms with van der Waals surface area (Å²) in [6, 6.07) is 0. The lowest BCUT2D eigenvalue weighted by atomic mass is 10.5. The van der Waals surface area contributed by atoms with Gasteiger partial charge < -0.3 is 13.9 Å². The van der Waals surface area contributed by atoms with E-state index in [4.69, 9.17) is 9.47 Å². The molecule has 0 aliphatic carbocycles. The molecule has 1 rings (SSSR count). The lowest BCUT2D eigenvalue weighted by molar-refractivity contribution is 0.105. The first-order valence-corrected chi connectivity index (χ1v) is 3.82. The van der Waals surface area contributed by atoms with Crippen molar-refractivity contribution in [2.24, 2.45) is 0 Å². The summed E-state index contributed by atoms with van der Waals surface area (Å²) in [6.07, 6.45) is 1.31. The Bertz CT molecular complexity index is 85.1. The molecule has 0 saturated carbocycles. The molecule has 1 fully saturated rings. The van der Waals surface area contributed by atoms with Gasteiger partial charge in [0, 0.05) is 13.2 Å². The summed E-state index contributed by atoms with van der Waals surface area (Å²) in [6.45, 7) is 3.06. The Morgan fingerprint density at radius 1 is 1.50 bits per heavy atom. The van der Waals surface area contributed by atoms with E-state index in [0.717, 1.165) is 26.2 Å². The van der Waals surface area contributed by atoms with E-state index < -0.39 is 0 Å².